The molecule has 2 N–H and O–H groups in total. The van der Waals surface area contributed by atoms with E-state index in [1.165, 1.54) is 11.8 Å². The van der Waals surface area contributed by atoms with Crippen molar-refractivity contribution in [2.45, 2.75) is 31.2 Å². The third kappa shape index (κ3) is 5.27. The lowest BCUT2D eigenvalue weighted by Gasteiger charge is -2.28. The predicted molar refractivity (Wildman–Crippen MR) is 112 cm³/mol. The average molecular weight is 419 g/mol. The number of imide groups is 1. The molecule has 1 aromatic heterocycles. The van der Waals surface area contributed by atoms with Crippen LogP contribution < -0.4 is 15.5 Å². The van der Waals surface area contributed by atoms with Crippen LogP contribution in [0.1, 0.15) is 19.4 Å². The van der Waals surface area contributed by atoms with Gasteiger partial charge >= 0.3 is 6.03 Å². The van der Waals surface area contributed by atoms with Crippen molar-refractivity contribution in [2.75, 3.05) is 37.7 Å². The van der Waals surface area contributed by atoms with Gasteiger partial charge in [-0.15, -0.1) is 10.2 Å². The smallest absolute Gasteiger partial charge is 0.321 e. The molecule has 0 aliphatic carbocycles. The SMILES string of the molecule is CCNC(=O)NC(=O)C(C)Sc1nnc(N2CCOCC2)n1-c1ccc(C)cc1. The van der Waals surface area contributed by atoms with Crippen molar-refractivity contribution in [3.05, 3.63) is 29.8 Å². The molecule has 0 saturated carbocycles. The fourth-order valence-electron chi connectivity index (χ4n) is 2.86. The fourth-order valence-corrected chi connectivity index (χ4v) is 3.72. The molecule has 2 aromatic rings. The number of carbonyl (C=O) groups excluding carboxylic acids is 2. The second kappa shape index (κ2) is 9.75. The van der Waals surface area contributed by atoms with E-state index in [0.29, 0.717) is 24.9 Å². The Kier molecular flexibility index (Phi) is 7.10. The van der Waals surface area contributed by atoms with Crippen LogP contribution in [0.25, 0.3) is 5.69 Å². The lowest BCUT2D eigenvalue weighted by Crippen LogP contribution is -2.42. The molecule has 2 heterocycles. The summed E-state index contributed by atoms with van der Waals surface area (Å²) >= 11 is 1.26. The number of anilines is 1. The predicted octanol–water partition coefficient (Wildman–Crippen LogP) is 1.74. The van der Waals surface area contributed by atoms with Crippen molar-refractivity contribution >= 4 is 29.6 Å². The molecule has 0 radical (unpaired) electrons. The highest BCUT2D eigenvalue weighted by atomic mass is 32.2. The topological polar surface area (TPSA) is 101 Å². The minimum absolute atomic E-state index is 0.382. The number of nitrogens with one attached hydrogen (secondary N) is 2. The van der Waals surface area contributed by atoms with Crippen molar-refractivity contribution in [1.29, 1.82) is 0 Å². The minimum atomic E-state index is -0.524. The van der Waals surface area contributed by atoms with E-state index >= 15 is 0 Å². The second-order valence-electron chi connectivity index (χ2n) is 6.66. The molecule has 1 saturated heterocycles. The van der Waals surface area contributed by atoms with Gasteiger partial charge in [-0.3, -0.25) is 14.7 Å². The van der Waals surface area contributed by atoms with Crippen molar-refractivity contribution in [3.8, 4) is 5.69 Å². The number of morpholine rings is 1. The Morgan fingerprint density at radius 1 is 1.21 bits per heavy atom. The second-order valence-corrected chi connectivity index (χ2v) is 7.97. The maximum Gasteiger partial charge on any atom is 0.321 e. The summed E-state index contributed by atoms with van der Waals surface area (Å²) in [5.74, 6) is 0.336. The van der Waals surface area contributed by atoms with Gasteiger partial charge in [-0.2, -0.15) is 0 Å². The number of urea groups is 1. The van der Waals surface area contributed by atoms with Crippen LogP contribution in [0, 0.1) is 6.92 Å². The average Bonchev–Trinajstić information content (AvgIpc) is 3.13. The molecule has 0 spiro atoms. The first-order chi connectivity index (χ1) is 14.0. The number of hydrogen-bond acceptors (Lipinski definition) is 7. The van der Waals surface area contributed by atoms with Crippen LogP contribution in [0.3, 0.4) is 0 Å². The fraction of sp³-hybridized carbons (Fsp3) is 0.474. The van der Waals surface area contributed by atoms with Crippen molar-refractivity contribution < 1.29 is 14.3 Å². The summed E-state index contributed by atoms with van der Waals surface area (Å²) in [5.41, 5.74) is 2.07. The molecule has 156 valence electrons. The van der Waals surface area contributed by atoms with Crippen LogP contribution in [-0.2, 0) is 9.53 Å². The van der Waals surface area contributed by atoms with Crippen molar-refractivity contribution in [2.24, 2.45) is 0 Å². The van der Waals surface area contributed by atoms with E-state index < -0.39 is 11.3 Å². The molecular formula is C19H26N6O3S. The van der Waals surface area contributed by atoms with E-state index in [2.05, 4.69) is 25.7 Å². The van der Waals surface area contributed by atoms with Crippen LogP contribution in [0.5, 0.6) is 0 Å². The molecule has 9 nitrogen and oxygen atoms in total. The van der Waals surface area contributed by atoms with Gasteiger partial charge in [0, 0.05) is 19.6 Å². The maximum absolute atomic E-state index is 12.4. The summed E-state index contributed by atoms with van der Waals surface area (Å²) in [6.07, 6.45) is 0. The molecule has 3 rings (SSSR count). The first-order valence-electron chi connectivity index (χ1n) is 9.60. The molecule has 1 aliphatic rings. The molecule has 3 amide bonds. The monoisotopic (exact) mass is 418 g/mol. The number of thioether (sulfide) groups is 1. The molecule has 29 heavy (non-hydrogen) atoms. The molecule has 1 aromatic carbocycles. The highest BCUT2D eigenvalue weighted by Crippen LogP contribution is 2.29. The summed E-state index contributed by atoms with van der Waals surface area (Å²) in [4.78, 5) is 26.1. The van der Waals surface area contributed by atoms with Gasteiger partial charge in [0.25, 0.3) is 0 Å². The Morgan fingerprint density at radius 3 is 2.55 bits per heavy atom. The number of nitrogens with zero attached hydrogens (tertiary/aromatic N) is 4. The highest BCUT2D eigenvalue weighted by Gasteiger charge is 2.25. The Bertz CT molecular complexity index is 848. The lowest BCUT2D eigenvalue weighted by molar-refractivity contribution is -0.119. The van der Waals surface area contributed by atoms with Crippen molar-refractivity contribution in [3.63, 3.8) is 0 Å². The van der Waals surface area contributed by atoms with E-state index in [0.717, 1.165) is 30.3 Å². The molecule has 1 fully saturated rings. The highest BCUT2D eigenvalue weighted by molar-refractivity contribution is 8.00. The van der Waals surface area contributed by atoms with Gasteiger partial charge in [-0.25, -0.2) is 4.79 Å². The van der Waals surface area contributed by atoms with Gasteiger partial charge in [0.1, 0.15) is 0 Å². The van der Waals surface area contributed by atoms with Crippen LogP contribution >= 0.6 is 11.8 Å². The number of carbonyl (C=O) groups is 2. The van der Waals surface area contributed by atoms with Gasteiger partial charge in [-0.1, -0.05) is 29.5 Å². The molecule has 1 aliphatic heterocycles. The van der Waals surface area contributed by atoms with Crippen molar-refractivity contribution in [1.82, 2.24) is 25.4 Å². The summed E-state index contributed by atoms with van der Waals surface area (Å²) in [5, 5.41) is 13.7. The molecule has 10 heteroatoms. The van der Waals surface area contributed by atoms with Gasteiger partial charge < -0.3 is 15.0 Å². The number of benzene rings is 1. The third-order valence-electron chi connectivity index (χ3n) is 4.43. The van der Waals surface area contributed by atoms with E-state index in [9.17, 15) is 9.59 Å². The lowest BCUT2D eigenvalue weighted by atomic mass is 10.2. The summed E-state index contributed by atoms with van der Waals surface area (Å²) in [6.45, 7) is 8.72. The quantitative estimate of drug-likeness (QED) is 0.689. The van der Waals surface area contributed by atoms with Gasteiger partial charge in [-0.05, 0) is 32.9 Å². The van der Waals surface area contributed by atoms with Crippen LogP contribution in [0.15, 0.2) is 29.4 Å². The number of ether oxygens (including phenoxy) is 1. The van der Waals surface area contributed by atoms with E-state index in [1.54, 1.807) is 13.8 Å². The zero-order chi connectivity index (χ0) is 20.8. The van der Waals surface area contributed by atoms with Crippen LogP contribution in [-0.4, -0.2) is 64.8 Å². The summed E-state index contributed by atoms with van der Waals surface area (Å²) < 4.78 is 7.40. The van der Waals surface area contributed by atoms with Gasteiger partial charge in [0.15, 0.2) is 5.16 Å². The first-order valence-corrected chi connectivity index (χ1v) is 10.5. The zero-order valence-electron chi connectivity index (χ0n) is 16.8. The van der Waals surface area contributed by atoms with E-state index in [-0.39, 0.29) is 5.91 Å². The molecular weight excluding hydrogens is 392 g/mol. The Balaban J connectivity index is 1.86. The van der Waals surface area contributed by atoms with Crippen LogP contribution in [0.2, 0.25) is 0 Å². The Morgan fingerprint density at radius 2 is 1.90 bits per heavy atom. The van der Waals surface area contributed by atoms with Gasteiger partial charge in [0.05, 0.1) is 24.2 Å². The Labute approximate surface area is 174 Å². The molecule has 1 atom stereocenters. The van der Waals surface area contributed by atoms with Gasteiger partial charge in [0.2, 0.25) is 11.9 Å². The maximum atomic E-state index is 12.4. The Hall–Kier alpha value is -2.59. The number of aryl methyl sites for hydroxylation is 1. The van der Waals surface area contributed by atoms with E-state index in [4.69, 9.17) is 4.74 Å². The normalized spacial score (nSPS) is 15.1. The van der Waals surface area contributed by atoms with E-state index in [1.807, 2.05) is 35.8 Å². The standard InChI is InChI=1S/C19H26N6O3S/c1-4-20-17(27)21-16(26)14(3)29-19-23-22-18(24-9-11-28-12-10-24)25(19)15-7-5-13(2)6-8-15/h5-8,14H,4,9-12H2,1-3H3,(H2,20,21,26,27). The zero-order valence-corrected chi connectivity index (χ0v) is 17.7. The first kappa shape index (κ1) is 21.1. The number of amides is 3. The number of rotatable bonds is 6. The van der Waals surface area contributed by atoms with Crippen LogP contribution in [0.4, 0.5) is 10.7 Å². The summed E-state index contributed by atoms with van der Waals surface area (Å²) in [6, 6.07) is 7.56. The minimum Gasteiger partial charge on any atom is -0.378 e. The summed E-state index contributed by atoms with van der Waals surface area (Å²) in [7, 11) is 0. The molecule has 1 unspecified atom stereocenters. The molecule has 0 bridgehead atoms. The number of hydrogen-bond donors (Lipinski definition) is 2. The number of aromatic nitrogens is 3. The largest absolute Gasteiger partial charge is 0.378 e. The third-order valence-corrected chi connectivity index (χ3v) is 5.47.